The Morgan fingerprint density at radius 3 is 2.03 bits per heavy atom. The lowest BCUT2D eigenvalue weighted by atomic mass is 9.89. The molecule has 2 aromatic carbocycles. The van der Waals surface area contributed by atoms with E-state index >= 15 is 0 Å². The molecule has 0 unspecified atom stereocenters. The van der Waals surface area contributed by atoms with Crippen molar-refractivity contribution in [2.45, 2.75) is 55.6 Å². The van der Waals surface area contributed by atoms with E-state index in [1.165, 1.54) is 4.31 Å². The van der Waals surface area contributed by atoms with Crippen molar-refractivity contribution < 1.29 is 16.8 Å². The van der Waals surface area contributed by atoms with Crippen LogP contribution in [-0.2, 0) is 24.6 Å². The summed E-state index contributed by atoms with van der Waals surface area (Å²) in [7, 11) is -7.07. The highest BCUT2D eigenvalue weighted by Crippen LogP contribution is 2.42. The fraction of sp³-hybridized carbons (Fsp3) is 0.478. The van der Waals surface area contributed by atoms with Gasteiger partial charge < -0.3 is 0 Å². The molecule has 1 heterocycles. The maximum Gasteiger partial charge on any atom is 0.243 e. The van der Waals surface area contributed by atoms with Crippen molar-refractivity contribution in [3.63, 3.8) is 0 Å². The van der Waals surface area contributed by atoms with E-state index in [0.29, 0.717) is 6.42 Å². The van der Waals surface area contributed by atoms with Crippen LogP contribution in [0.25, 0.3) is 0 Å². The van der Waals surface area contributed by atoms with Crippen molar-refractivity contribution in [1.82, 2.24) is 4.31 Å². The summed E-state index contributed by atoms with van der Waals surface area (Å²) in [6.07, 6.45) is 3.01. The molecule has 0 atom stereocenters. The van der Waals surface area contributed by atoms with Crippen molar-refractivity contribution in [2.24, 2.45) is 0 Å². The number of rotatable bonds is 8. The van der Waals surface area contributed by atoms with Gasteiger partial charge in [-0.2, -0.15) is 4.31 Å². The lowest BCUT2D eigenvalue weighted by Crippen LogP contribution is -2.49. The number of hydrogen-bond acceptors (Lipinski definition) is 4. The van der Waals surface area contributed by atoms with Gasteiger partial charge in [-0.25, -0.2) is 16.8 Å². The van der Waals surface area contributed by atoms with E-state index in [-0.39, 0.29) is 36.6 Å². The lowest BCUT2D eigenvalue weighted by molar-refractivity contribution is 0.289. The maximum atomic E-state index is 13.5. The molecule has 0 N–H and O–H groups in total. The summed E-state index contributed by atoms with van der Waals surface area (Å²) < 4.78 is 53.5. The van der Waals surface area contributed by atoms with E-state index in [2.05, 4.69) is 0 Å². The van der Waals surface area contributed by atoms with Crippen LogP contribution in [0.5, 0.6) is 0 Å². The maximum absolute atomic E-state index is 13.5. The fourth-order valence-electron chi connectivity index (χ4n) is 4.21. The number of benzene rings is 2. The van der Waals surface area contributed by atoms with Gasteiger partial charge in [0.2, 0.25) is 10.0 Å². The molecule has 0 bridgehead atoms. The fourth-order valence-corrected chi connectivity index (χ4v) is 7.92. The molecule has 0 aromatic heterocycles. The van der Waals surface area contributed by atoms with Gasteiger partial charge in [-0.3, -0.25) is 0 Å². The Kier molecular flexibility index (Phi) is 7.05. The number of piperidine rings is 1. The van der Waals surface area contributed by atoms with Crippen molar-refractivity contribution in [2.75, 3.05) is 18.8 Å². The summed E-state index contributed by atoms with van der Waals surface area (Å²) in [6, 6.07) is 16.1. The first kappa shape index (κ1) is 23.0. The Balaban J connectivity index is 1.89. The monoisotopic (exact) mass is 449 g/mol. The number of hydrogen-bond donors (Lipinski definition) is 0. The van der Waals surface area contributed by atoms with Crippen LogP contribution in [0.1, 0.15) is 50.2 Å². The first-order valence-corrected chi connectivity index (χ1v) is 13.7. The Morgan fingerprint density at radius 2 is 1.47 bits per heavy atom. The quantitative estimate of drug-likeness (QED) is 0.564. The first-order valence-electron chi connectivity index (χ1n) is 10.6. The molecule has 3 rings (SSSR count). The van der Waals surface area contributed by atoms with E-state index in [9.17, 15) is 16.8 Å². The summed E-state index contributed by atoms with van der Waals surface area (Å²) in [4.78, 5) is 0.256. The van der Waals surface area contributed by atoms with E-state index < -0.39 is 24.6 Å². The molecule has 0 saturated carbocycles. The number of aryl methyl sites for hydroxylation is 1. The van der Waals surface area contributed by atoms with Gasteiger partial charge in [0.05, 0.1) is 15.4 Å². The zero-order chi connectivity index (χ0) is 21.8. The van der Waals surface area contributed by atoms with Crippen molar-refractivity contribution in [3.05, 3.63) is 65.7 Å². The summed E-state index contributed by atoms with van der Waals surface area (Å²) in [5.41, 5.74) is 1.77. The predicted molar refractivity (Wildman–Crippen MR) is 121 cm³/mol. The van der Waals surface area contributed by atoms with Crippen LogP contribution in [0.15, 0.2) is 59.5 Å². The molecule has 30 heavy (non-hydrogen) atoms. The Labute approximate surface area is 181 Å². The first-order chi connectivity index (χ1) is 14.2. The van der Waals surface area contributed by atoms with Gasteiger partial charge in [-0.1, -0.05) is 67.8 Å². The molecule has 0 aliphatic carbocycles. The van der Waals surface area contributed by atoms with Gasteiger partial charge in [0.25, 0.3) is 0 Å². The number of unbranched alkanes of at least 4 members (excludes halogenated alkanes) is 2. The van der Waals surface area contributed by atoms with Crippen LogP contribution in [0.4, 0.5) is 0 Å². The van der Waals surface area contributed by atoms with Crippen molar-refractivity contribution in [3.8, 4) is 0 Å². The molecule has 0 spiro atoms. The van der Waals surface area contributed by atoms with Crippen LogP contribution >= 0.6 is 0 Å². The highest BCUT2D eigenvalue weighted by atomic mass is 32.2. The number of nitrogens with zero attached hydrogens (tertiary/aromatic N) is 1. The highest BCUT2D eigenvalue weighted by molar-refractivity contribution is 7.92. The third-order valence-electron chi connectivity index (χ3n) is 6.10. The molecular weight excluding hydrogens is 418 g/mol. The van der Waals surface area contributed by atoms with Gasteiger partial charge in [0, 0.05) is 13.1 Å². The summed E-state index contributed by atoms with van der Waals surface area (Å²) >= 11 is 0. The van der Waals surface area contributed by atoms with Crippen molar-refractivity contribution in [1.29, 1.82) is 0 Å². The smallest absolute Gasteiger partial charge is 0.228 e. The second-order valence-electron chi connectivity index (χ2n) is 8.10. The summed E-state index contributed by atoms with van der Waals surface area (Å²) in [5.74, 6) is 0.139. The molecule has 0 amide bonds. The van der Waals surface area contributed by atoms with E-state index in [1.54, 1.807) is 24.3 Å². The topological polar surface area (TPSA) is 71.5 Å². The van der Waals surface area contributed by atoms with Gasteiger partial charge in [0.1, 0.15) is 0 Å². The third-order valence-corrected chi connectivity index (χ3v) is 10.7. The second kappa shape index (κ2) is 9.20. The van der Waals surface area contributed by atoms with Gasteiger partial charge in [0.15, 0.2) is 9.84 Å². The highest BCUT2D eigenvalue weighted by Gasteiger charge is 2.48. The minimum Gasteiger partial charge on any atom is -0.228 e. The molecule has 164 valence electrons. The van der Waals surface area contributed by atoms with Crippen LogP contribution in [-0.4, -0.2) is 40.0 Å². The van der Waals surface area contributed by atoms with E-state index in [1.807, 2.05) is 44.2 Å². The Bertz CT molecular complexity index is 1040. The Hall–Kier alpha value is -1.70. The van der Waals surface area contributed by atoms with Crippen LogP contribution in [0, 0.1) is 6.92 Å². The molecule has 5 nitrogen and oxygen atoms in total. The van der Waals surface area contributed by atoms with Crippen LogP contribution in [0.3, 0.4) is 0 Å². The molecule has 2 aromatic rings. The van der Waals surface area contributed by atoms with Crippen LogP contribution < -0.4 is 0 Å². The largest absolute Gasteiger partial charge is 0.243 e. The molecule has 7 heteroatoms. The van der Waals surface area contributed by atoms with Crippen LogP contribution in [0.2, 0.25) is 0 Å². The molecular formula is C23H31NO4S2. The predicted octanol–water partition coefficient (Wildman–Crippen LogP) is 4.28. The van der Waals surface area contributed by atoms with Gasteiger partial charge >= 0.3 is 0 Å². The summed E-state index contributed by atoms with van der Waals surface area (Å²) in [5, 5.41) is 0. The Morgan fingerprint density at radius 1 is 0.867 bits per heavy atom. The molecule has 1 aliphatic heterocycles. The van der Waals surface area contributed by atoms with Crippen molar-refractivity contribution >= 4 is 19.9 Å². The number of sulfonamides is 1. The molecule has 1 saturated heterocycles. The molecule has 1 fully saturated rings. The molecule has 1 aliphatic rings. The average molecular weight is 450 g/mol. The molecule has 0 radical (unpaired) electrons. The van der Waals surface area contributed by atoms with Gasteiger partial charge in [-0.15, -0.1) is 0 Å². The zero-order valence-corrected chi connectivity index (χ0v) is 19.4. The zero-order valence-electron chi connectivity index (χ0n) is 17.7. The average Bonchev–Trinajstić information content (AvgIpc) is 2.74. The minimum absolute atomic E-state index is 0.139. The standard InChI is InChI=1S/C23H31NO4S2/c1-3-4-8-19-29(25,26)23(21-9-6-5-7-10-21)15-17-24(18-16-23)30(27,28)22-13-11-20(2)12-14-22/h5-7,9-14H,3-4,8,15-19H2,1-2H3. The van der Waals surface area contributed by atoms with E-state index in [4.69, 9.17) is 0 Å². The SMILES string of the molecule is CCCCCS(=O)(=O)C1(c2ccccc2)CCN(S(=O)(=O)c2ccc(C)cc2)CC1. The number of sulfone groups is 1. The lowest BCUT2D eigenvalue weighted by Gasteiger charge is -2.41. The van der Waals surface area contributed by atoms with Gasteiger partial charge in [-0.05, 0) is 43.9 Å². The third kappa shape index (κ3) is 4.48. The minimum atomic E-state index is -3.64. The second-order valence-corrected chi connectivity index (χ2v) is 12.5. The normalized spacial score (nSPS) is 17.7. The summed E-state index contributed by atoms with van der Waals surface area (Å²) in [6.45, 7) is 4.35. The van der Waals surface area contributed by atoms with E-state index in [0.717, 1.165) is 24.0 Å².